The summed E-state index contributed by atoms with van der Waals surface area (Å²) in [4.78, 5) is 27.9. The fourth-order valence-corrected chi connectivity index (χ4v) is 4.24. The normalized spacial score (nSPS) is 12.2. The van der Waals surface area contributed by atoms with E-state index < -0.39 is 39.3 Å². The van der Waals surface area contributed by atoms with Gasteiger partial charge in [0.05, 0.1) is 11.2 Å². The van der Waals surface area contributed by atoms with E-state index in [1.807, 2.05) is 0 Å². The summed E-state index contributed by atoms with van der Waals surface area (Å²) >= 11 is 0. The largest absolute Gasteiger partial charge is 0.468 e. The first-order valence-corrected chi connectivity index (χ1v) is 10.4. The molecule has 8 nitrogen and oxygen atoms in total. The Labute approximate surface area is 172 Å². The molecule has 0 radical (unpaired) electrons. The van der Waals surface area contributed by atoms with Crippen LogP contribution in [0.25, 0.3) is 0 Å². The van der Waals surface area contributed by atoms with Gasteiger partial charge in [-0.3, -0.25) is 14.6 Å². The highest BCUT2D eigenvalue weighted by Crippen LogP contribution is 2.29. The Morgan fingerprint density at radius 2 is 1.77 bits per heavy atom. The molecule has 0 saturated carbocycles. The number of rotatable bonds is 7. The summed E-state index contributed by atoms with van der Waals surface area (Å²) in [5, 5.41) is 3.44. The minimum Gasteiger partial charge on any atom is -0.468 e. The van der Waals surface area contributed by atoms with Gasteiger partial charge in [-0.2, -0.15) is 0 Å². The van der Waals surface area contributed by atoms with Gasteiger partial charge in [0.2, 0.25) is 0 Å². The molecule has 30 heavy (non-hydrogen) atoms. The van der Waals surface area contributed by atoms with Gasteiger partial charge in [-0.1, -0.05) is 6.07 Å². The lowest BCUT2D eigenvalue weighted by Crippen LogP contribution is -2.42. The number of pyridine rings is 1. The van der Waals surface area contributed by atoms with E-state index in [1.54, 1.807) is 24.5 Å². The molecule has 3 rings (SSSR count). The molecule has 2 amide bonds. The van der Waals surface area contributed by atoms with Gasteiger partial charge < -0.3 is 15.1 Å². The summed E-state index contributed by atoms with van der Waals surface area (Å²) in [6.45, 7) is -0.318. The van der Waals surface area contributed by atoms with E-state index in [1.165, 1.54) is 18.4 Å². The molecule has 2 aromatic heterocycles. The Morgan fingerprint density at radius 1 is 1.03 bits per heavy atom. The van der Waals surface area contributed by atoms with Gasteiger partial charge in [0, 0.05) is 25.5 Å². The minimum atomic E-state index is -4.03. The van der Waals surface area contributed by atoms with Crippen LogP contribution < -0.4 is 10.6 Å². The summed E-state index contributed by atoms with van der Waals surface area (Å²) in [5.74, 6) is -2.42. The summed E-state index contributed by atoms with van der Waals surface area (Å²) in [6.07, 6.45) is 4.42. The van der Waals surface area contributed by atoms with Crippen molar-refractivity contribution in [3.05, 3.63) is 84.3 Å². The number of benzene rings is 1. The van der Waals surface area contributed by atoms with Crippen LogP contribution in [-0.2, 0) is 26.0 Å². The predicted octanol–water partition coefficient (Wildman–Crippen LogP) is 1.76. The predicted molar refractivity (Wildman–Crippen MR) is 104 cm³/mol. The molecule has 0 bridgehead atoms. The van der Waals surface area contributed by atoms with Crippen LogP contribution in [0, 0.1) is 5.82 Å². The van der Waals surface area contributed by atoms with Crippen molar-refractivity contribution in [2.24, 2.45) is 0 Å². The number of furan rings is 1. The van der Waals surface area contributed by atoms with Crippen LogP contribution in [-0.4, -0.2) is 31.8 Å². The van der Waals surface area contributed by atoms with E-state index in [0.29, 0.717) is 5.56 Å². The monoisotopic (exact) mass is 431 g/mol. The number of nitrogens with zero attached hydrogens (tertiary/aromatic N) is 1. The Kier molecular flexibility index (Phi) is 6.58. The molecule has 10 heteroatoms. The average Bonchev–Trinajstić information content (AvgIpc) is 3.27. The number of nitrogens with one attached hydrogen (secondary N) is 2. The first-order valence-electron chi connectivity index (χ1n) is 8.85. The fourth-order valence-electron chi connectivity index (χ4n) is 2.66. The van der Waals surface area contributed by atoms with Crippen LogP contribution in [0.2, 0.25) is 0 Å². The molecule has 0 aliphatic carbocycles. The van der Waals surface area contributed by atoms with E-state index in [-0.39, 0.29) is 17.2 Å². The van der Waals surface area contributed by atoms with Crippen molar-refractivity contribution < 1.29 is 26.8 Å². The minimum absolute atomic E-state index is 0.0791. The van der Waals surface area contributed by atoms with Crippen LogP contribution in [0.3, 0.4) is 0 Å². The van der Waals surface area contributed by atoms with E-state index in [0.717, 1.165) is 24.3 Å². The third kappa shape index (κ3) is 5.09. The highest BCUT2D eigenvalue weighted by molar-refractivity contribution is 7.91. The van der Waals surface area contributed by atoms with Gasteiger partial charge in [0.15, 0.2) is 9.84 Å². The summed E-state index contributed by atoms with van der Waals surface area (Å²) < 4.78 is 44.4. The zero-order valence-corrected chi connectivity index (χ0v) is 16.4. The molecule has 1 atom stereocenters. The molecule has 0 aliphatic heterocycles. The molecule has 156 valence electrons. The molecular weight excluding hydrogens is 413 g/mol. The van der Waals surface area contributed by atoms with E-state index in [2.05, 4.69) is 15.6 Å². The maximum absolute atomic E-state index is 13.2. The molecule has 1 unspecified atom stereocenters. The smallest absolute Gasteiger partial charge is 0.309 e. The van der Waals surface area contributed by atoms with Gasteiger partial charge in [0.1, 0.15) is 16.8 Å². The molecule has 2 N–H and O–H groups in total. The Morgan fingerprint density at radius 3 is 2.40 bits per heavy atom. The second-order valence-electron chi connectivity index (χ2n) is 6.26. The molecule has 0 aliphatic rings. The van der Waals surface area contributed by atoms with Gasteiger partial charge in [0.25, 0.3) is 0 Å². The fraction of sp³-hybridized carbons (Fsp3) is 0.150. The first kappa shape index (κ1) is 21.2. The maximum Gasteiger partial charge on any atom is 0.309 e. The van der Waals surface area contributed by atoms with Crippen molar-refractivity contribution in [1.29, 1.82) is 0 Å². The topological polar surface area (TPSA) is 118 Å². The van der Waals surface area contributed by atoms with Gasteiger partial charge in [-0.15, -0.1) is 0 Å². The third-order valence-electron chi connectivity index (χ3n) is 4.21. The van der Waals surface area contributed by atoms with Crippen LogP contribution >= 0.6 is 0 Å². The van der Waals surface area contributed by atoms with Gasteiger partial charge >= 0.3 is 11.8 Å². The number of halogens is 1. The Hall–Kier alpha value is -3.53. The Balaban J connectivity index is 1.69. The molecular formula is C20H18FN3O5S. The van der Waals surface area contributed by atoms with E-state index in [4.69, 9.17) is 4.42 Å². The standard InChI is InChI=1S/C20H18FN3O5S/c21-15-5-7-16(8-6-15)30(27,28)18(17-4-2-10-29-17)13-24-20(26)19(25)23-12-14-3-1-9-22-11-14/h1-11,18H,12-13H2,(H,23,25)(H,24,26). The number of aromatic nitrogens is 1. The van der Waals surface area contributed by atoms with Crippen LogP contribution in [0.15, 0.2) is 76.5 Å². The highest BCUT2D eigenvalue weighted by Gasteiger charge is 2.32. The third-order valence-corrected chi connectivity index (χ3v) is 6.28. The lowest BCUT2D eigenvalue weighted by atomic mass is 10.3. The van der Waals surface area contributed by atoms with Crippen molar-refractivity contribution in [1.82, 2.24) is 15.6 Å². The van der Waals surface area contributed by atoms with Crippen LogP contribution in [0.1, 0.15) is 16.6 Å². The molecule has 1 aromatic carbocycles. The molecule has 2 heterocycles. The molecule has 0 spiro atoms. The quantitative estimate of drug-likeness (QED) is 0.435. The summed E-state index contributed by atoms with van der Waals surface area (Å²) in [7, 11) is -4.03. The van der Waals surface area contributed by atoms with Crippen molar-refractivity contribution in [3.8, 4) is 0 Å². The number of hydrogen-bond donors (Lipinski definition) is 2. The molecule has 3 aromatic rings. The van der Waals surface area contributed by atoms with Crippen molar-refractivity contribution in [2.45, 2.75) is 16.7 Å². The SMILES string of the molecule is O=C(NCc1cccnc1)C(=O)NCC(c1ccco1)S(=O)(=O)c1ccc(F)cc1. The van der Waals surface area contributed by atoms with E-state index in [9.17, 15) is 22.4 Å². The van der Waals surface area contributed by atoms with Crippen LogP contribution in [0.4, 0.5) is 4.39 Å². The molecule has 0 fully saturated rings. The lowest BCUT2D eigenvalue weighted by Gasteiger charge is -2.16. The first-order chi connectivity index (χ1) is 14.4. The van der Waals surface area contributed by atoms with Crippen molar-refractivity contribution in [3.63, 3.8) is 0 Å². The zero-order valence-electron chi connectivity index (χ0n) is 15.6. The number of sulfone groups is 1. The van der Waals surface area contributed by atoms with E-state index >= 15 is 0 Å². The number of amides is 2. The molecule has 0 saturated heterocycles. The zero-order chi connectivity index (χ0) is 21.6. The summed E-state index contributed by atoms with van der Waals surface area (Å²) in [6, 6.07) is 10.7. The van der Waals surface area contributed by atoms with Crippen molar-refractivity contribution >= 4 is 21.7 Å². The van der Waals surface area contributed by atoms with Crippen molar-refractivity contribution in [2.75, 3.05) is 6.54 Å². The second-order valence-corrected chi connectivity index (χ2v) is 8.39. The number of carbonyl (C=O) groups excluding carboxylic acids is 2. The summed E-state index contributed by atoms with van der Waals surface area (Å²) in [5.41, 5.74) is 0.700. The Bertz CT molecular complexity index is 1100. The van der Waals surface area contributed by atoms with Gasteiger partial charge in [-0.25, -0.2) is 12.8 Å². The maximum atomic E-state index is 13.2. The second kappa shape index (κ2) is 9.31. The number of carbonyl (C=O) groups is 2. The van der Waals surface area contributed by atoms with Crippen LogP contribution in [0.5, 0.6) is 0 Å². The highest BCUT2D eigenvalue weighted by atomic mass is 32.2. The number of hydrogen-bond acceptors (Lipinski definition) is 6. The average molecular weight is 431 g/mol. The lowest BCUT2D eigenvalue weighted by molar-refractivity contribution is -0.139. The van der Waals surface area contributed by atoms with Gasteiger partial charge in [-0.05, 0) is 48.0 Å².